The minimum atomic E-state index is -0.314. The molecule has 1 nitrogen and oxygen atoms in total. The van der Waals surface area contributed by atoms with Crippen LogP contribution in [0.5, 0.6) is 0 Å². The van der Waals surface area contributed by atoms with E-state index < -0.39 is 0 Å². The third-order valence-corrected chi connectivity index (χ3v) is 4.84. The monoisotopic (exact) mass is 216 g/mol. The lowest BCUT2D eigenvalue weighted by molar-refractivity contribution is -0.0660. The Morgan fingerprint density at radius 2 is 1.62 bits per heavy atom. The van der Waals surface area contributed by atoms with E-state index in [1.54, 1.807) is 0 Å². The molecule has 1 aromatic carbocycles. The maximum absolute atomic E-state index is 10.2. The minimum Gasteiger partial charge on any atom is -0.390 e. The molecule has 3 aliphatic carbocycles. The standard InChI is InChI=1S/C15H20O/c1-12-3-2-4-13(11-12)14-5-8-15(16,9-6-14)10-7-14/h2-4,11,16H,5-10H2,1H3. The first-order chi connectivity index (χ1) is 7.62. The van der Waals surface area contributed by atoms with Crippen molar-refractivity contribution in [2.75, 3.05) is 0 Å². The van der Waals surface area contributed by atoms with E-state index in [1.807, 2.05) is 0 Å². The highest BCUT2D eigenvalue weighted by atomic mass is 16.3. The van der Waals surface area contributed by atoms with Crippen molar-refractivity contribution in [3.63, 3.8) is 0 Å². The molecule has 0 spiro atoms. The highest BCUT2D eigenvalue weighted by Gasteiger charge is 2.48. The van der Waals surface area contributed by atoms with E-state index in [4.69, 9.17) is 0 Å². The van der Waals surface area contributed by atoms with E-state index in [0.29, 0.717) is 5.41 Å². The average Bonchev–Trinajstić information content (AvgIpc) is 2.30. The molecule has 0 unspecified atom stereocenters. The Kier molecular flexibility index (Phi) is 2.16. The first-order valence-corrected chi connectivity index (χ1v) is 6.42. The quantitative estimate of drug-likeness (QED) is 0.763. The molecule has 4 rings (SSSR count). The average molecular weight is 216 g/mol. The van der Waals surface area contributed by atoms with Gasteiger partial charge >= 0.3 is 0 Å². The second-order valence-electron chi connectivity index (χ2n) is 5.87. The molecular formula is C15H20O. The highest BCUT2D eigenvalue weighted by molar-refractivity contribution is 5.32. The number of benzene rings is 1. The van der Waals surface area contributed by atoms with Gasteiger partial charge in [0.25, 0.3) is 0 Å². The molecule has 3 saturated carbocycles. The van der Waals surface area contributed by atoms with Crippen LogP contribution in [0, 0.1) is 6.92 Å². The summed E-state index contributed by atoms with van der Waals surface area (Å²) in [5.41, 5.74) is 2.94. The van der Waals surface area contributed by atoms with Crippen molar-refractivity contribution in [2.45, 2.75) is 56.5 Å². The lowest BCUT2D eigenvalue weighted by Crippen LogP contribution is -2.48. The Labute approximate surface area is 97.5 Å². The van der Waals surface area contributed by atoms with Crippen molar-refractivity contribution in [3.05, 3.63) is 35.4 Å². The van der Waals surface area contributed by atoms with E-state index in [1.165, 1.54) is 30.4 Å². The number of hydrogen-bond donors (Lipinski definition) is 1. The number of rotatable bonds is 1. The Morgan fingerprint density at radius 1 is 1.00 bits per heavy atom. The second kappa shape index (κ2) is 3.33. The van der Waals surface area contributed by atoms with Crippen LogP contribution in [0.1, 0.15) is 49.7 Å². The summed E-state index contributed by atoms with van der Waals surface area (Å²) in [6.45, 7) is 2.17. The lowest BCUT2D eigenvalue weighted by Gasteiger charge is -2.51. The Morgan fingerprint density at radius 3 is 2.19 bits per heavy atom. The Balaban J connectivity index is 1.95. The van der Waals surface area contributed by atoms with Gasteiger partial charge in [0.05, 0.1) is 5.60 Å². The molecular weight excluding hydrogens is 196 g/mol. The van der Waals surface area contributed by atoms with Crippen LogP contribution in [0.4, 0.5) is 0 Å². The van der Waals surface area contributed by atoms with Gasteiger partial charge in [-0.2, -0.15) is 0 Å². The first kappa shape index (κ1) is 10.3. The van der Waals surface area contributed by atoms with Gasteiger partial charge in [0.2, 0.25) is 0 Å². The molecule has 0 heterocycles. The molecule has 0 amide bonds. The fraction of sp³-hybridized carbons (Fsp3) is 0.600. The summed E-state index contributed by atoms with van der Waals surface area (Å²) in [5, 5.41) is 10.2. The van der Waals surface area contributed by atoms with Gasteiger partial charge in [0.1, 0.15) is 0 Å². The predicted molar refractivity (Wildman–Crippen MR) is 65.5 cm³/mol. The van der Waals surface area contributed by atoms with Gasteiger partial charge in [-0.05, 0) is 56.4 Å². The van der Waals surface area contributed by atoms with Crippen LogP contribution in [0.25, 0.3) is 0 Å². The molecule has 3 fully saturated rings. The second-order valence-corrected chi connectivity index (χ2v) is 5.87. The minimum absolute atomic E-state index is 0.314. The Bertz CT molecular complexity index is 383. The zero-order valence-corrected chi connectivity index (χ0v) is 10.00. The molecule has 1 aromatic rings. The molecule has 16 heavy (non-hydrogen) atoms. The van der Waals surface area contributed by atoms with Gasteiger partial charge in [-0.15, -0.1) is 0 Å². The largest absolute Gasteiger partial charge is 0.390 e. The molecule has 0 atom stereocenters. The van der Waals surface area contributed by atoms with Gasteiger partial charge in [0.15, 0.2) is 0 Å². The molecule has 0 aliphatic heterocycles. The smallest absolute Gasteiger partial charge is 0.0648 e. The first-order valence-electron chi connectivity index (χ1n) is 6.42. The fourth-order valence-corrected chi connectivity index (χ4v) is 3.57. The van der Waals surface area contributed by atoms with Crippen molar-refractivity contribution in [2.24, 2.45) is 0 Å². The number of aliphatic hydroxyl groups is 1. The van der Waals surface area contributed by atoms with E-state index >= 15 is 0 Å². The van der Waals surface area contributed by atoms with Crippen molar-refractivity contribution in [1.82, 2.24) is 0 Å². The van der Waals surface area contributed by atoms with Crippen LogP contribution in [-0.2, 0) is 5.41 Å². The van der Waals surface area contributed by atoms with Crippen molar-refractivity contribution >= 4 is 0 Å². The van der Waals surface area contributed by atoms with E-state index in [2.05, 4.69) is 31.2 Å². The third-order valence-electron chi connectivity index (χ3n) is 4.84. The summed E-state index contributed by atoms with van der Waals surface area (Å²) < 4.78 is 0. The summed E-state index contributed by atoms with van der Waals surface area (Å²) in [6, 6.07) is 8.97. The fourth-order valence-electron chi connectivity index (χ4n) is 3.57. The maximum Gasteiger partial charge on any atom is 0.0648 e. The molecule has 0 saturated heterocycles. The van der Waals surface area contributed by atoms with E-state index in [9.17, 15) is 5.11 Å². The van der Waals surface area contributed by atoms with Crippen LogP contribution in [0.2, 0.25) is 0 Å². The van der Waals surface area contributed by atoms with Crippen molar-refractivity contribution in [3.8, 4) is 0 Å². The van der Waals surface area contributed by atoms with E-state index in [-0.39, 0.29) is 5.60 Å². The van der Waals surface area contributed by atoms with Crippen molar-refractivity contribution in [1.29, 1.82) is 0 Å². The Hall–Kier alpha value is -0.820. The maximum atomic E-state index is 10.2. The predicted octanol–water partition coefficient (Wildman–Crippen LogP) is 3.33. The van der Waals surface area contributed by atoms with E-state index in [0.717, 1.165) is 19.3 Å². The number of fused-ring (bicyclic) bond motifs is 3. The van der Waals surface area contributed by atoms with Gasteiger partial charge in [-0.25, -0.2) is 0 Å². The molecule has 3 aliphatic rings. The molecule has 86 valence electrons. The number of hydrogen-bond acceptors (Lipinski definition) is 1. The summed E-state index contributed by atoms with van der Waals surface area (Å²) >= 11 is 0. The normalized spacial score (nSPS) is 37.6. The summed E-state index contributed by atoms with van der Waals surface area (Å²) in [5.74, 6) is 0. The topological polar surface area (TPSA) is 20.2 Å². The van der Waals surface area contributed by atoms with Crippen LogP contribution in [0.3, 0.4) is 0 Å². The number of aryl methyl sites for hydroxylation is 1. The van der Waals surface area contributed by atoms with Crippen LogP contribution >= 0.6 is 0 Å². The van der Waals surface area contributed by atoms with Gasteiger partial charge in [-0.3, -0.25) is 0 Å². The van der Waals surface area contributed by atoms with Gasteiger partial charge < -0.3 is 5.11 Å². The zero-order chi connectivity index (χ0) is 11.2. The SMILES string of the molecule is Cc1cccc(C23CCC(O)(CC2)CC3)c1. The molecule has 0 aromatic heterocycles. The highest BCUT2D eigenvalue weighted by Crippen LogP contribution is 2.53. The summed E-state index contributed by atoms with van der Waals surface area (Å²) in [7, 11) is 0. The summed E-state index contributed by atoms with van der Waals surface area (Å²) in [6.07, 6.45) is 6.52. The molecule has 0 radical (unpaired) electrons. The molecule has 1 heteroatoms. The molecule has 1 N–H and O–H groups in total. The lowest BCUT2D eigenvalue weighted by atomic mass is 9.56. The van der Waals surface area contributed by atoms with Crippen molar-refractivity contribution < 1.29 is 5.11 Å². The zero-order valence-electron chi connectivity index (χ0n) is 10.00. The molecule has 2 bridgehead atoms. The van der Waals surface area contributed by atoms with Crippen LogP contribution < -0.4 is 0 Å². The van der Waals surface area contributed by atoms with Crippen LogP contribution in [-0.4, -0.2) is 10.7 Å². The van der Waals surface area contributed by atoms with Gasteiger partial charge in [0, 0.05) is 0 Å². The van der Waals surface area contributed by atoms with Crippen LogP contribution in [0.15, 0.2) is 24.3 Å². The van der Waals surface area contributed by atoms with Gasteiger partial charge in [-0.1, -0.05) is 29.8 Å². The third kappa shape index (κ3) is 1.49. The summed E-state index contributed by atoms with van der Waals surface area (Å²) in [4.78, 5) is 0.